The molecule has 0 aliphatic heterocycles. The third kappa shape index (κ3) is 7.64. The monoisotopic (exact) mass is 372 g/mol. The first-order valence-corrected chi connectivity index (χ1v) is 9.95. The summed E-state index contributed by atoms with van der Waals surface area (Å²) in [5, 5.41) is 2.88. The van der Waals surface area contributed by atoms with Gasteiger partial charge in [0.2, 0.25) is 0 Å². The Bertz CT molecular complexity index is 686. The molecule has 1 aromatic carbocycles. The molecule has 0 saturated heterocycles. The molecule has 0 heterocycles. The Balaban J connectivity index is 3.07. The van der Waals surface area contributed by atoms with E-state index in [4.69, 9.17) is 8.92 Å². The standard InChI is InChI=1S/C17H28N2O5S/c1-12(2)10-19(17(20)18-13(3)4)11-14-7-8-15(23-5)16(9-14)24-25(6,21)22/h7-9,12-13H,10-11H2,1-6H3,(H,18,20). The Morgan fingerprint density at radius 3 is 2.32 bits per heavy atom. The Kier molecular flexibility index (Phi) is 7.54. The van der Waals surface area contributed by atoms with Crippen LogP contribution in [-0.4, -0.2) is 45.3 Å². The molecule has 25 heavy (non-hydrogen) atoms. The predicted octanol–water partition coefficient (Wildman–Crippen LogP) is 2.61. The predicted molar refractivity (Wildman–Crippen MR) is 97.4 cm³/mol. The van der Waals surface area contributed by atoms with Gasteiger partial charge in [-0.3, -0.25) is 0 Å². The van der Waals surface area contributed by atoms with Gasteiger partial charge in [0.15, 0.2) is 11.5 Å². The molecule has 0 saturated carbocycles. The lowest BCUT2D eigenvalue weighted by Crippen LogP contribution is -2.44. The van der Waals surface area contributed by atoms with Crippen molar-refractivity contribution < 1.29 is 22.1 Å². The van der Waals surface area contributed by atoms with Crippen LogP contribution in [0, 0.1) is 5.92 Å². The lowest BCUT2D eigenvalue weighted by atomic mass is 10.1. The Morgan fingerprint density at radius 1 is 1.20 bits per heavy atom. The largest absolute Gasteiger partial charge is 0.493 e. The Labute approximate surface area is 150 Å². The number of carbonyl (C=O) groups excluding carboxylic acids is 1. The number of ether oxygens (including phenoxy) is 1. The maximum absolute atomic E-state index is 12.4. The fourth-order valence-electron chi connectivity index (χ4n) is 2.27. The van der Waals surface area contributed by atoms with Crippen LogP contribution in [0.1, 0.15) is 33.3 Å². The second-order valence-electron chi connectivity index (χ2n) is 6.65. The maximum atomic E-state index is 12.4. The molecule has 1 aromatic rings. The molecule has 8 heteroatoms. The molecular formula is C17H28N2O5S. The summed E-state index contributed by atoms with van der Waals surface area (Å²) < 4.78 is 33.0. The molecule has 0 fully saturated rings. The van der Waals surface area contributed by atoms with E-state index in [-0.39, 0.29) is 17.8 Å². The van der Waals surface area contributed by atoms with Gasteiger partial charge in [-0.25, -0.2) is 4.79 Å². The quantitative estimate of drug-likeness (QED) is 0.709. The SMILES string of the molecule is COc1ccc(CN(CC(C)C)C(=O)NC(C)C)cc1OS(C)(=O)=O. The molecule has 0 aromatic heterocycles. The second-order valence-corrected chi connectivity index (χ2v) is 8.23. The number of nitrogens with zero attached hydrogens (tertiary/aromatic N) is 1. The van der Waals surface area contributed by atoms with Crippen molar-refractivity contribution in [2.45, 2.75) is 40.3 Å². The highest BCUT2D eigenvalue weighted by Crippen LogP contribution is 2.29. The van der Waals surface area contributed by atoms with Crippen LogP contribution in [0.15, 0.2) is 18.2 Å². The number of methoxy groups -OCH3 is 1. The number of rotatable bonds is 8. The topological polar surface area (TPSA) is 84.9 Å². The van der Waals surface area contributed by atoms with Crippen LogP contribution in [0.5, 0.6) is 11.5 Å². The highest BCUT2D eigenvalue weighted by molar-refractivity contribution is 7.86. The molecule has 0 bridgehead atoms. The lowest BCUT2D eigenvalue weighted by Gasteiger charge is -2.26. The van der Waals surface area contributed by atoms with Crippen molar-refractivity contribution in [1.29, 1.82) is 0 Å². The van der Waals surface area contributed by atoms with Gasteiger partial charge in [-0.05, 0) is 37.5 Å². The maximum Gasteiger partial charge on any atom is 0.317 e. The number of hydrogen-bond donors (Lipinski definition) is 1. The van der Waals surface area contributed by atoms with Gasteiger partial charge in [-0.15, -0.1) is 0 Å². The summed E-state index contributed by atoms with van der Waals surface area (Å²) in [7, 11) is -2.24. The minimum atomic E-state index is -3.68. The average Bonchev–Trinajstić information content (AvgIpc) is 2.44. The molecule has 142 valence electrons. The summed E-state index contributed by atoms with van der Waals surface area (Å²) in [5.41, 5.74) is 0.749. The number of carbonyl (C=O) groups is 1. The van der Waals surface area contributed by atoms with E-state index in [2.05, 4.69) is 5.32 Å². The van der Waals surface area contributed by atoms with Crippen molar-refractivity contribution in [3.05, 3.63) is 23.8 Å². The van der Waals surface area contributed by atoms with Gasteiger partial charge in [-0.2, -0.15) is 8.42 Å². The van der Waals surface area contributed by atoms with Gasteiger partial charge in [0, 0.05) is 19.1 Å². The normalized spacial score (nSPS) is 11.5. The van der Waals surface area contributed by atoms with Crippen LogP contribution >= 0.6 is 0 Å². The minimum Gasteiger partial charge on any atom is -0.493 e. The van der Waals surface area contributed by atoms with Crippen LogP contribution in [0.4, 0.5) is 4.79 Å². The van der Waals surface area contributed by atoms with Crippen molar-refractivity contribution in [3.63, 3.8) is 0 Å². The summed E-state index contributed by atoms with van der Waals surface area (Å²) in [6.07, 6.45) is 0.972. The zero-order valence-electron chi connectivity index (χ0n) is 15.7. The van der Waals surface area contributed by atoms with Crippen molar-refractivity contribution in [1.82, 2.24) is 10.2 Å². The van der Waals surface area contributed by atoms with E-state index < -0.39 is 10.1 Å². The van der Waals surface area contributed by atoms with Crippen LogP contribution in [0.2, 0.25) is 0 Å². The van der Waals surface area contributed by atoms with E-state index in [1.165, 1.54) is 7.11 Å². The highest BCUT2D eigenvalue weighted by Gasteiger charge is 2.18. The van der Waals surface area contributed by atoms with E-state index in [0.717, 1.165) is 11.8 Å². The summed E-state index contributed by atoms with van der Waals surface area (Å²) in [5.74, 6) is 0.718. The summed E-state index contributed by atoms with van der Waals surface area (Å²) >= 11 is 0. The molecule has 0 aliphatic carbocycles. The Morgan fingerprint density at radius 2 is 1.84 bits per heavy atom. The van der Waals surface area contributed by atoms with Gasteiger partial charge in [0.05, 0.1) is 13.4 Å². The highest BCUT2D eigenvalue weighted by atomic mass is 32.2. The molecular weight excluding hydrogens is 344 g/mol. The smallest absolute Gasteiger partial charge is 0.317 e. The number of benzene rings is 1. The molecule has 0 aliphatic rings. The fourth-order valence-corrected chi connectivity index (χ4v) is 2.72. The zero-order chi connectivity index (χ0) is 19.2. The zero-order valence-corrected chi connectivity index (χ0v) is 16.5. The molecule has 1 N–H and O–H groups in total. The van der Waals surface area contributed by atoms with E-state index >= 15 is 0 Å². The second kappa shape index (κ2) is 8.94. The van der Waals surface area contributed by atoms with Crippen LogP contribution in [-0.2, 0) is 16.7 Å². The first-order valence-electron chi connectivity index (χ1n) is 8.13. The van der Waals surface area contributed by atoms with Crippen molar-refractivity contribution in [2.75, 3.05) is 19.9 Å². The van der Waals surface area contributed by atoms with Gasteiger partial charge in [0.1, 0.15) is 0 Å². The number of amides is 2. The van der Waals surface area contributed by atoms with Gasteiger partial charge in [-0.1, -0.05) is 19.9 Å². The lowest BCUT2D eigenvalue weighted by molar-refractivity contribution is 0.185. The van der Waals surface area contributed by atoms with Crippen LogP contribution < -0.4 is 14.2 Å². The molecule has 0 radical (unpaired) electrons. The van der Waals surface area contributed by atoms with Gasteiger partial charge >= 0.3 is 16.1 Å². The van der Waals surface area contributed by atoms with E-state index in [9.17, 15) is 13.2 Å². The summed E-state index contributed by atoms with van der Waals surface area (Å²) in [4.78, 5) is 14.1. The molecule has 0 atom stereocenters. The third-order valence-corrected chi connectivity index (χ3v) is 3.61. The molecule has 7 nitrogen and oxygen atoms in total. The van der Waals surface area contributed by atoms with Crippen LogP contribution in [0.25, 0.3) is 0 Å². The number of urea groups is 1. The van der Waals surface area contributed by atoms with Crippen molar-refractivity contribution >= 4 is 16.1 Å². The first-order chi connectivity index (χ1) is 11.5. The van der Waals surface area contributed by atoms with Crippen molar-refractivity contribution in [3.8, 4) is 11.5 Å². The Hall–Kier alpha value is -1.96. The fraction of sp³-hybridized carbons (Fsp3) is 0.588. The van der Waals surface area contributed by atoms with Crippen molar-refractivity contribution in [2.24, 2.45) is 5.92 Å². The summed E-state index contributed by atoms with van der Waals surface area (Å²) in [6.45, 7) is 8.77. The molecule has 1 rings (SSSR count). The van der Waals surface area contributed by atoms with E-state index in [0.29, 0.717) is 24.8 Å². The number of hydrogen-bond acceptors (Lipinski definition) is 5. The summed E-state index contributed by atoms with van der Waals surface area (Å²) in [6, 6.07) is 4.86. The minimum absolute atomic E-state index is 0.0298. The number of nitrogens with one attached hydrogen (secondary N) is 1. The van der Waals surface area contributed by atoms with E-state index in [1.54, 1.807) is 23.1 Å². The van der Waals surface area contributed by atoms with E-state index in [1.807, 2.05) is 27.7 Å². The molecule has 0 unspecified atom stereocenters. The average molecular weight is 372 g/mol. The van der Waals surface area contributed by atoms with Crippen LogP contribution in [0.3, 0.4) is 0 Å². The molecule has 0 spiro atoms. The third-order valence-electron chi connectivity index (χ3n) is 3.13. The molecule has 2 amide bonds. The first kappa shape index (κ1) is 21.1. The van der Waals surface area contributed by atoms with Gasteiger partial charge in [0.25, 0.3) is 0 Å². The van der Waals surface area contributed by atoms with Gasteiger partial charge < -0.3 is 19.1 Å².